The number of carbonyl (C=O) groups is 2. The third-order valence-electron chi connectivity index (χ3n) is 5.84. The highest BCUT2D eigenvalue weighted by Gasteiger charge is 2.44. The maximum Gasteiger partial charge on any atom is 0.410 e. The third-order valence-corrected chi connectivity index (χ3v) is 6.08. The first-order chi connectivity index (χ1) is 15.2. The first-order valence-corrected chi connectivity index (χ1v) is 11.3. The van der Waals surface area contributed by atoms with Gasteiger partial charge in [0.2, 0.25) is 0 Å². The number of urea groups is 1. The summed E-state index contributed by atoms with van der Waals surface area (Å²) in [5.74, 6) is 0. The summed E-state index contributed by atoms with van der Waals surface area (Å²) in [4.78, 5) is 35.7. The van der Waals surface area contributed by atoms with Gasteiger partial charge in [-0.2, -0.15) is 0 Å². The molecule has 4 rings (SSSR count). The van der Waals surface area contributed by atoms with E-state index in [9.17, 15) is 9.59 Å². The number of piperidine rings is 1. The Bertz CT molecular complexity index is 971. The number of nitrogens with zero attached hydrogens (tertiary/aromatic N) is 4. The molecule has 1 aromatic carbocycles. The van der Waals surface area contributed by atoms with Gasteiger partial charge in [0.15, 0.2) is 0 Å². The van der Waals surface area contributed by atoms with Gasteiger partial charge in [-0.05, 0) is 63.4 Å². The fourth-order valence-corrected chi connectivity index (χ4v) is 4.58. The Kier molecular flexibility index (Phi) is 6.29. The van der Waals surface area contributed by atoms with Gasteiger partial charge in [-0.1, -0.05) is 23.7 Å². The van der Waals surface area contributed by atoms with Crippen molar-refractivity contribution in [2.75, 3.05) is 24.5 Å². The summed E-state index contributed by atoms with van der Waals surface area (Å²) in [6, 6.07) is 11.3. The number of hydrogen-bond donors (Lipinski definition) is 0. The van der Waals surface area contributed by atoms with Crippen molar-refractivity contribution < 1.29 is 14.3 Å². The molecule has 0 radical (unpaired) electrons. The number of benzene rings is 1. The van der Waals surface area contributed by atoms with Crippen LogP contribution in [0, 0.1) is 0 Å². The van der Waals surface area contributed by atoms with Crippen molar-refractivity contribution in [1.29, 1.82) is 0 Å². The Morgan fingerprint density at radius 3 is 2.53 bits per heavy atom. The van der Waals surface area contributed by atoms with E-state index in [1.54, 1.807) is 22.2 Å². The molecule has 32 heavy (non-hydrogen) atoms. The van der Waals surface area contributed by atoms with Gasteiger partial charge in [0.05, 0.1) is 24.5 Å². The smallest absolute Gasteiger partial charge is 0.410 e. The molecule has 0 saturated carbocycles. The van der Waals surface area contributed by atoms with Crippen LogP contribution in [0.15, 0.2) is 48.8 Å². The molecule has 2 aliphatic heterocycles. The first-order valence-electron chi connectivity index (χ1n) is 11.0. The SMILES string of the molecule is CC(C)(C)OC(=O)N1CCC(N2C(=O)N(c3cccnc3)CC2c2cccc(Cl)c2)CC1. The van der Waals surface area contributed by atoms with E-state index < -0.39 is 5.60 Å². The minimum Gasteiger partial charge on any atom is -0.444 e. The summed E-state index contributed by atoms with van der Waals surface area (Å²) >= 11 is 6.27. The van der Waals surface area contributed by atoms with E-state index in [0.29, 0.717) is 37.5 Å². The van der Waals surface area contributed by atoms with Gasteiger partial charge in [-0.15, -0.1) is 0 Å². The third kappa shape index (κ3) is 4.83. The minimum atomic E-state index is -0.527. The maximum absolute atomic E-state index is 13.6. The van der Waals surface area contributed by atoms with Gasteiger partial charge in [0, 0.05) is 30.4 Å². The highest BCUT2D eigenvalue weighted by molar-refractivity contribution is 6.30. The van der Waals surface area contributed by atoms with Crippen LogP contribution in [0.3, 0.4) is 0 Å². The zero-order valence-corrected chi connectivity index (χ0v) is 19.5. The van der Waals surface area contributed by atoms with E-state index >= 15 is 0 Å². The quantitative estimate of drug-likeness (QED) is 0.643. The Hall–Kier alpha value is -2.80. The predicted octanol–water partition coefficient (Wildman–Crippen LogP) is 5.12. The van der Waals surface area contributed by atoms with E-state index in [2.05, 4.69) is 4.98 Å². The number of halogens is 1. The van der Waals surface area contributed by atoms with Crippen LogP contribution in [0.4, 0.5) is 15.3 Å². The fourth-order valence-electron chi connectivity index (χ4n) is 4.38. The van der Waals surface area contributed by atoms with Crippen LogP contribution < -0.4 is 4.90 Å². The lowest BCUT2D eigenvalue weighted by atomic mass is 9.99. The van der Waals surface area contributed by atoms with Crippen LogP contribution in [0.2, 0.25) is 5.02 Å². The summed E-state index contributed by atoms with van der Waals surface area (Å²) in [6.45, 7) is 7.23. The van der Waals surface area contributed by atoms with Gasteiger partial charge in [0.25, 0.3) is 0 Å². The van der Waals surface area contributed by atoms with Crippen molar-refractivity contribution in [2.45, 2.75) is 51.3 Å². The summed E-state index contributed by atoms with van der Waals surface area (Å²) in [6.07, 6.45) is 4.50. The lowest BCUT2D eigenvalue weighted by Crippen LogP contribution is -2.49. The molecule has 2 fully saturated rings. The number of hydrogen-bond acceptors (Lipinski definition) is 4. The van der Waals surface area contributed by atoms with Gasteiger partial charge >= 0.3 is 12.1 Å². The second kappa shape index (κ2) is 8.98. The second-order valence-electron chi connectivity index (χ2n) is 9.28. The Morgan fingerprint density at radius 1 is 1.16 bits per heavy atom. The molecule has 2 aliphatic rings. The van der Waals surface area contributed by atoms with E-state index in [1.807, 2.05) is 62.1 Å². The highest BCUT2D eigenvalue weighted by atomic mass is 35.5. The molecule has 0 spiro atoms. The summed E-state index contributed by atoms with van der Waals surface area (Å²) in [5.41, 5.74) is 1.26. The van der Waals surface area contributed by atoms with E-state index in [-0.39, 0.29) is 24.2 Å². The van der Waals surface area contributed by atoms with Crippen LogP contribution in [0.25, 0.3) is 0 Å². The normalized spacial score (nSPS) is 20.1. The Balaban J connectivity index is 1.55. The van der Waals surface area contributed by atoms with Gasteiger partial charge in [-0.3, -0.25) is 9.88 Å². The monoisotopic (exact) mass is 456 g/mol. The van der Waals surface area contributed by atoms with Crippen molar-refractivity contribution in [3.8, 4) is 0 Å². The van der Waals surface area contributed by atoms with Crippen molar-refractivity contribution in [1.82, 2.24) is 14.8 Å². The van der Waals surface area contributed by atoms with E-state index in [0.717, 1.165) is 11.3 Å². The van der Waals surface area contributed by atoms with Crippen LogP contribution >= 0.6 is 11.6 Å². The highest BCUT2D eigenvalue weighted by Crippen LogP contribution is 2.37. The summed E-state index contributed by atoms with van der Waals surface area (Å²) < 4.78 is 5.51. The summed E-state index contributed by atoms with van der Waals surface area (Å²) in [5, 5.41) is 0.648. The topological polar surface area (TPSA) is 66.0 Å². The van der Waals surface area contributed by atoms with Crippen molar-refractivity contribution in [2.24, 2.45) is 0 Å². The number of rotatable bonds is 3. The number of likely N-dealkylation sites (tertiary alicyclic amines) is 1. The number of amides is 3. The van der Waals surface area contributed by atoms with Crippen LogP contribution in [0.5, 0.6) is 0 Å². The molecule has 1 atom stereocenters. The first kappa shape index (κ1) is 22.4. The number of aromatic nitrogens is 1. The summed E-state index contributed by atoms with van der Waals surface area (Å²) in [7, 11) is 0. The zero-order valence-electron chi connectivity index (χ0n) is 18.7. The van der Waals surface area contributed by atoms with E-state index in [4.69, 9.17) is 16.3 Å². The average Bonchev–Trinajstić information content (AvgIpc) is 3.10. The molecule has 0 aliphatic carbocycles. The second-order valence-corrected chi connectivity index (χ2v) is 9.72. The van der Waals surface area contributed by atoms with Crippen molar-refractivity contribution in [3.63, 3.8) is 0 Å². The molecule has 3 amide bonds. The van der Waals surface area contributed by atoms with Crippen LogP contribution in [-0.2, 0) is 4.74 Å². The number of ether oxygens (including phenoxy) is 1. The van der Waals surface area contributed by atoms with Crippen LogP contribution in [0.1, 0.15) is 45.2 Å². The lowest BCUT2D eigenvalue weighted by molar-refractivity contribution is 0.0158. The number of carbonyl (C=O) groups excluding carboxylic acids is 2. The maximum atomic E-state index is 13.6. The average molecular weight is 457 g/mol. The minimum absolute atomic E-state index is 0.0202. The predicted molar refractivity (Wildman–Crippen MR) is 124 cm³/mol. The number of anilines is 1. The number of pyridine rings is 1. The molecule has 8 heteroatoms. The molecule has 1 aromatic heterocycles. The molecular weight excluding hydrogens is 428 g/mol. The van der Waals surface area contributed by atoms with Crippen molar-refractivity contribution in [3.05, 3.63) is 59.4 Å². The van der Waals surface area contributed by atoms with Gasteiger partial charge in [-0.25, -0.2) is 9.59 Å². The molecule has 0 N–H and O–H groups in total. The molecule has 0 bridgehead atoms. The molecule has 3 heterocycles. The molecule has 7 nitrogen and oxygen atoms in total. The molecule has 170 valence electrons. The van der Waals surface area contributed by atoms with Gasteiger partial charge < -0.3 is 14.5 Å². The fraction of sp³-hybridized carbons (Fsp3) is 0.458. The Labute approximate surface area is 193 Å². The van der Waals surface area contributed by atoms with Crippen LogP contribution in [-0.4, -0.2) is 58.2 Å². The largest absolute Gasteiger partial charge is 0.444 e. The van der Waals surface area contributed by atoms with E-state index in [1.165, 1.54) is 0 Å². The Morgan fingerprint density at radius 2 is 1.91 bits per heavy atom. The molecule has 1 unspecified atom stereocenters. The van der Waals surface area contributed by atoms with Gasteiger partial charge in [0.1, 0.15) is 5.60 Å². The molecular formula is C24H29ClN4O3. The lowest BCUT2D eigenvalue weighted by Gasteiger charge is -2.39. The molecule has 2 saturated heterocycles. The van der Waals surface area contributed by atoms with Crippen molar-refractivity contribution >= 4 is 29.4 Å². The standard InChI is InChI=1S/C24H29ClN4O3/c1-24(2,3)32-23(31)27-12-9-19(10-13-27)29-21(17-6-4-7-18(25)14-17)16-28(22(29)30)20-8-5-11-26-15-20/h4-8,11,14-15,19,21H,9-10,12-13,16H2,1-3H3. The zero-order chi connectivity index (χ0) is 22.9. The molecule has 2 aromatic rings.